The van der Waals surface area contributed by atoms with Gasteiger partial charge >= 0.3 is 0 Å². The van der Waals surface area contributed by atoms with E-state index >= 15 is 0 Å². The van der Waals surface area contributed by atoms with Crippen LogP contribution in [0.3, 0.4) is 0 Å². The minimum atomic E-state index is 1.26. The van der Waals surface area contributed by atoms with E-state index < -0.39 is 0 Å². The van der Waals surface area contributed by atoms with Gasteiger partial charge in [0.1, 0.15) is 0 Å². The molecule has 9 aromatic carbocycles. The third-order valence-corrected chi connectivity index (χ3v) is 12.6. The van der Waals surface area contributed by atoms with Gasteiger partial charge in [0.2, 0.25) is 0 Å². The predicted octanol–water partition coefficient (Wildman–Crippen LogP) is 14.4. The summed E-state index contributed by atoms with van der Waals surface area (Å²) in [6, 6.07) is 58.8. The first-order valence-corrected chi connectivity index (χ1v) is 18.1. The van der Waals surface area contributed by atoms with Crippen molar-refractivity contribution in [3.8, 4) is 22.3 Å². The summed E-state index contributed by atoms with van der Waals surface area (Å²) in [6.07, 6.45) is 0. The Morgan fingerprint density at radius 2 is 0.729 bits per heavy atom. The van der Waals surface area contributed by atoms with E-state index in [0.717, 1.165) is 0 Å². The maximum atomic E-state index is 2.46. The van der Waals surface area contributed by atoms with E-state index in [1.54, 1.807) is 0 Å². The third-order valence-electron chi connectivity index (χ3n) is 10.2. The first kappa shape index (κ1) is 26.5. The molecule has 0 N–H and O–H groups in total. The SMILES string of the molecule is c1ccc2c(c1)sc1cc(-c3c4ccccc4c(-c4ccc5sc6c7ccccc7c7ccccc7c6c5c4)c4ccccc34)ccc12. The summed E-state index contributed by atoms with van der Waals surface area (Å²) in [4.78, 5) is 0. The molecule has 0 radical (unpaired) electrons. The Morgan fingerprint density at radius 3 is 1.40 bits per heavy atom. The first-order valence-electron chi connectivity index (χ1n) is 16.4. The van der Waals surface area contributed by atoms with Crippen molar-refractivity contribution in [3.63, 3.8) is 0 Å². The Labute approximate surface area is 284 Å². The molecule has 2 aromatic heterocycles. The molecule has 0 saturated heterocycles. The van der Waals surface area contributed by atoms with Gasteiger partial charge in [-0.1, -0.05) is 133 Å². The maximum Gasteiger partial charge on any atom is 0.0440 e. The zero-order chi connectivity index (χ0) is 31.3. The fourth-order valence-corrected chi connectivity index (χ4v) is 10.6. The smallest absolute Gasteiger partial charge is 0.0440 e. The highest BCUT2D eigenvalue weighted by Gasteiger charge is 2.19. The van der Waals surface area contributed by atoms with Crippen molar-refractivity contribution in [2.75, 3.05) is 0 Å². The van der Waals surface area contributed by atoms with Crippen LogP contribution in [0.1, 0.15) is 0 Å². The van der Waals surface area contributed by atoms with Crippen LogP contribution in [0.15, 0.2) is 158 Å². The van der Waals surface area contributed by atoms with Crippen LogP contribution in [0.25, 0.3) is 106 Å². The number of hydrogen-bond acceptors (Lipinski definition) is 2. The quantitative estimate of drug-likeness (QED) is 0.130. The molecule has 0 atom stereocenters. The monoisotopic (exact) mass is 642 g/mol. The summed E-state index contributed by atoms with van der Waals surface area (Å²) in [5.74, 6) is 0. The Kier molecular flexibility index (Phi) is 5.51. The topological polar surface area (TPSA) is 0 Å². The van der Waals surface area contributed by atoms with Gasteiger partial charge in [-0.3, -0.25) is 0 Å². The summed E-state index contributed by atoms with van der Waals surface area (Å²) in [5, 5.41) is 15.9. The van der Waals surface area contributed by atoms with Crippen molar-refractivity contribution in [1.82, 2.24) is 0 Å². The minimum absolute atomic E-state index is 1.26. The highest BCUT2D eigenvalue weighted by molar-refractivity contribution is 7.27. The van der Waals surface area contributed by atoms with Gasteiger partial charge in [-0.05, 0) is 84.2 Å². The molecular weight excluding hydrogens is 617 g/mol. The lowest BCUT2D eigenvalue weighted by Gasteiger charge is -2.18. The summed E-state index contributed by atoms with van der Waals surface area (Å²) in [7, 11) is 0. The van der Waals surface area contributed by atoms with Crippen LogP contribution < -0.4 is 0 Å². The van der Waals surface area contributed by atoms with E-state index in [9.17, 15) is 0 Å². The van der Waals surface area contributed by atoms with Crippen molar-refractivity contribution in [1.29, 1.82) is 0 Å². The molecule has 0 amide bonds. The van der Waals surface area contributed by atoms with Crippen LogP contribution >= 0.6 is 22.7 Å². The first-order chi connectivity index (χ1) is 23.8. The van der Waals surface area contributed by atoms with Gasteiger partial charge in [-0.25, -0.2) is 0 Å². The number of benzene rings is 9. The van der Waals surface area contributed by atoms with Crippen molar-refractivity contribution >= 4 is 106 Å². The molecule has 11 aromatic rings. The van der Waals surface area contributed by atoms with E-state index in [1.165, 1.54) is 106 Å². The third kappa shape index (κ3) is 3.65. The van der Waals surface area contributed by atoms with Crippen LogP contribution in [0.4, 0.5) is 0 Å². The van der Waals surface area contributed by atoms with Crippen molar-refractivity contribution in [2.45, 2.75) is 0 Å². The van der Waals surface area contributed by atoms with Gasteiger partial charge in [-0.2, -0.15) is 0 Å². The van der Waals surface area contributed by atoms with E-state index in [2.05, 4.69) is 158 Å². The zero-order valence-electron chi connectivity index (χ0n) is 25.8. The molecule has 0 nitrogen and oxygen atoms in total. The van der Waals surface area contributed by atoms with E-state index in [-0.39, 0.29) is 0 Å². The zero-order valence-corrected chi connectivity index (χ0v) is 27.5. The number of thiophene rings is 2. The van der Waals surface area contributed by atoms with Gasteiger partial charge < -0.3 is 0 Å². The fraction of sp³-hybridized carbons (Fsp3) is 0. The van der Waals surface area contributed by atoms with Crippen LogP contribution in [-0.2, 0) is 0 Å². The average molecular weight is 643 g/mol. The molecule has 0 saturated carbocycles. The van der Waals surface area contributed by atoms with Crippen molar-refractivity contribution in [2.24, 2.45) is 0 Å². The summed E-state index contributed by atoms with van der Waals surface area (Å²) >= 11 is 3.81. The summed E-state index contributed by atoms with van der Waals surface area (Å²) in [5.41, 5.74) is 5.15. The van der Waals surface area contributed by atoms with Gasteiger partial charge in [0.15, 0.2) is 0 Å². The molecule has 0 unspecified atom stereocenters. The fourth-order valence-electron chi connectivity index (χ4n) is 8.19. The highest BCUT2D eigenvalue weighted by Crippen LogP contribution is 2.48. The minimum Gasteiger partial charge on any atom is -0.135 e. The molecule has 0 aliphatic carbocycles. The van der Waals surface area contributed by atoms with Crippen LogP contribution in [0.2, 0.25) is 0 Å². The normalized spacial score (nSPS) is 12.2. The second-order valence-electron chi connectivity index (χ2n) is 12.8. The molecule has 2 heteroatoms. The van der Waals surface area contributed by atoms with Gasteiger partial charge in [0.05, 0.1) is 0 Å². The van der Waals surface area contributed by atoms with Gasteiger partial charge in [-0.15, -0.1) is 22.7 Å². The predicted molar refractivity (Wildman–Crippen MR) is 213 cm³/mol. The van der Waals surface area contributed by atoms with Gasteiger partial charge in [0.25, 0.3) is 0 Å². The lowest BCUT2D eigenvalue weighted by molar-refractivity contribution is 1.70. The molecule has 2 heterocycles. The molecule has 222 valence electrons. The van der Waals surface area contributed by atoms with Gasteiger partial charge in [0, 0.05) is 45.7 Å². The number of rotatable bonds is 2. The highest BCUT2D eigenvalue weighted by atomic mass is 32.1. The molecular formula is C46H26S2. The summed E-state index contributed by atoms with van der Waals surface area (Å²) in [6.45, 7) is 0. The van der Waals surface area contributed by atoms with Crippen LogP contribution in [0.5, 0.6) is 0 Å². The molecule has 48 heavy (non-hydrogen) atoms. The second-order valence-corrected chi connectivity index (χ2v) is 14.9. The number of hydrogen-bond donors (Lipinski definition) is 0. The molecule has 11 rings (SSSR count). The Morgan fingerprint density at radius 1 is 0.271 bits per heavy atom. The Hall–Kier alpha value is -5.54. The molecule has 0 fully saturated rings. The lowest BCUT2D eigenvalue weighted by Crippen LogP contribution is -1.90. The molecule has 0 spiro atoms. The second kappa shape index (κ2) is 9.98. The van der Waals surface area contributed by atoms with E-state index in [1.807, 2.05) is 22.7 Å². The molecule has 0 aliphatic heterocycles. The maximum absolute atomic E-state index is 2.46. The standard InChI is InChI=1S/C46H26S2/c1-3-14-33-29(11-1)30-12-2-8-19-38(30)46-45(33)39-25-27(22-24-41(39)48-46)43-34-15-4-6-17-36(34)44(37-18-7-5-16-35(37)43)28-21-23-32-31-13-9-10-20-40(31)47-42(32)26-28/h1-26H. The average Bonchev–Trinajstić information content (AvgIpc) is 3.72. The van der Waals surface area contributed by atoms with Crippen LogP contribution in [-0.4, -0.2) is 0 Å². The Balaban J connectivity index is 1.22. The molecule has 0 bridgehead atoms. The van der Waals surface area contributed by atoms with E-state index in [0.29, 0.717) is 0 Å². The van der Waals surface area contributed by atoms with Crippen molar-refractivity contribution in [3.05, 3.63) is 158 Å². The Bertz CT molecular complexity index is 3060. The van der Waals surface area contributed by atoms with Crippen LogP contribution in [0, 0.1) is 0 Å². The number of fused-ring (bicyclic) bond motifs is 13. The lowest BCUT2D eigenvalue weighted by atomic mass is 9.85. The summed E-state index contributed by atoms with van der Waals surface area (Å²) < 4.78 is 5.38. The largest absolute Gasteiger partial charge is 0.135 e. The van der Waals surface area contributed by atoms with E-state index in [4.69, 9.17) is 0 Å². The molecule has 0 aliphatic rings. The van der Waals surface area contributed by atoms with Crippen molar-refractivity contribution < 1.29 is 0 Å².